The summed E-state index contributed by atoms with van der Waals surface area (Å²) in [6.07, 6.45) is 1.19. The lowest BCUT2D eigenvalue weighted by molar-refractivity contribution is 0.103. The molecule has 3 nitrogen and oxygen atoms in total. The van der Waals surface area contributed by atoms with Crippen LogP contribution in [0.15, 0.2) is 60.7 Å². The molecule has 0 saturated carbocycles. The Labute approximate surface area is 178 Å². The summed E-state index contributed by atoms with van der Waals surface area (Å²) in [6, 6.07) is 18.4. The predicted octanol–water partition coefficient (Wildman–Crippen LogP) is 5.68. The van der Waals surface area contributed by atoms with Crippen molar-refractivity contribution < 1.29 is 14.2 Å². The summed E-state index contributed by atoms with van der Waals surface area (Å²) in [5.41, 5.74) is 4.57. The number of carbonyl (C=O) groups is 2. The van der Waals surface area contributed by atoms with Crippen LogP contribution in [0.5, 0.6) is 0 Å². The summed E-state index contributed by atoms with van der Waals surface area (Å²) >= 11 is 0. The molecule has 3 rings (SSSR count). The number of hydrogen-bond acceptors (Lipinski definition) is 3. The SMILES string of the molecule is CCc1ccc(C(=O)c2ccccc2)c(CC)c1[PH](=O)C(=O)c1c(C)cccc1C. The predicted molar refractivity (Wildman–Crippen MR) is 124 cm³/mol. The molecule has 154 valence electrons. The van der Waals surface area contributed by atoms with Gasteiger partial charge in [-0.15, -0.1) is 0 Å². The maximum absolute atomic E-state index is 13.6. The molecule has 0 N–H and O–H groups in total. The number of ketones is 1. The van der Waals surface area contributed by atoms with E-state index in [1.807, 2.05) is 76.2 Å². The van der Waals surface area contributed by atoms with Gasteiger partial charge in [-0.1, -0.05) is 74.5 Å². The Morgan fingerprint density at radius 3 is 2.00 bits per heavy atom. The van der Waals surface area contributed by atoms with Crippen LogP contribution in [0.2, 0.25) is 0 Å². The number of carbonyl (C=O) groups excluding carboxylic acids is 2. The molecule has 0 fully saturated rings. The average molecular weight is 418 g/mol. The van der Waals surface area contributed by atoms with E-state index in [0.717, 1.165) is 22.3 Å². The van der Waals surface area contributed by atoms with Crippen molar-refractivity contribution in [3.63, 3.8) is 0 Å². The van der Waals surface area contributed by atoms with Crippen molar-refractivity contribution in [3.8, 4) is 0 Å². The average Bonchev–Trinajstić information content (AvgIpc) is 2.77. The highest BCUT2D eigenvalue weighted by molar-refractivity contribution is 7.71. The Balaban J connectivity index is 2.17. The molecular weight excluding hydrogens is 391 g/mol. The Morgan fingerprint density at radius 1 is 0.800 bits per heavy atom. The zero-order valence-electron chi connectivity index (χ0n) is 17.9. The van der Waals surface area contributed by atoms with E-state index in [1.54, 1.807) is 12.1 Å². The zero-order chi connectivity index (χ0) is 21.8. The molecule has 3 aromatic rings. The third-order valence-corrected chi connectivity index (χ3v) is 7.30. The van der Waals surface area contributed by atoms with Crippen LogP contribution in [-0.4, -0.2) is 11.3 Å². The highest BCUT2D eigenvalue weighted by Gasteiger charge is 2.26. The first kappa shape index (κ1) is 21.9. The fraction of sp³-hybridized carbons (Fsp3) is 0.231. The quantitative estimate of drug-likeness (QED) is 0.366. The molecule has 0 heterocycles. The van der Waals surface area contributed by atoms with Gasteiger partial charge in [0.1, 0.15) is 0 Å². The standard InChI is InChI=1S/C26H27O3P/c1-5-19-15-16-22(24(27)20-13-8-7-9-14-20)21(6-2)25(19)30(29)26(28)23-17(3)11-10-12-18(23)4/h7-16,30H,5-6H2,1-4H3. The van der Waals surface area contributed by atoms with Crippen LogP contribution in [0.4, 0.5) is 0 Å². The summed E-state index contributed by atoms with van der Waals surface area (Å²) in [5.74, 6) is -0.106. The zero-order valence-corrected chi connectivity index (χ0v) is 18.9. The van der Waals surface area contributed by atoms with E-state index in [2.05, 4.69) is 0 Å². The van der Waals surface area contributed by atoms with Crippen LogP contribution in [0, 0.1) is 13.8 Å². The second kappa shape index (κ2) is 9.36. The van der Waals surface area contributed by atoms with Gasteiger partial charge in [0.15, 0.2) is 13.6 Å². The van der Waals surface area contributed by atoms with Crippen LogP contribution in [0.25, 0.3) is 0 Å². The summed E-state index contributed by atoms with van der Waals surface area (Å²) in [4.78, 5) is 26.5. The minimum absolute atomic E-state index is 0.106. The molecule has 0 saturated heterocycles. The van der Waals surface area contributed by atoms with Gasteiger partial charge in [-0.05, 0) is 48.9 Å². The first-order valence-electron chi connectivity index (χ1n) is 10.3. The fourth-order valence-electron chi connectivity index (χ4n) is 4.00. The van der Waals surface area contributed by atoms with Crippen LogP contribution in [0.1, 0.15) is 62.4 Å². The van der Waals surface area contributed by atoms with Gasteiger partial charge in [0.05, 0.1) is 0 Å². The highest BCUT2D eigenvalue weighted by Crippen LogP contribution is 2.34. The molecule has 0 amide bonds. The van der Waals surface area contributed by atoms with Gasteiger partial charge in [0.25, 0.3) is 0 Å². The lowest BCUT2D eigenvalue weighted by Gasteiger charge is -2.17. The van der Waals surface area contributed by atoms with E-state index in [4.69, 9.17) is 0 Å². The summed E-state index contributed by atoms with van der Waals surface area (Å²) in [7, 11) is -2.80. The molecule has 4 heteroatoms. The van der Waals surface area contributed by atoms with E-state index in [9.17, 15) is 14.2 Å². The van der Waals surface area contributed by atoms with Crippen LogP contribution >= 0.6 is 7.80 Å². The van der Waals surface area contributed by atoms with Crippen molar-refractivity contribution in [3.05, 3.63) is 99.6 Å². The van der Waals surface area contributed by atoms with Gasteiger partial charge in [-0.2, -0.15) is 0 Å². The van der Waals surface area contributed by atoms with E-state index in [-0.39, 0.29) is 11.3 Å². The Hall–Kier alpha value is -2.77. The van der Waals surface area contributed by atoms with Gasteiger partial charge in [0.2, 0.25) is 5.52 Å². The third-order valence-electron chi connectivity index (χ3n) is 5.56. The van der Waals surface area contributed by atoms with Crippen molar-refractivity contribution in [2.24, 2.45) is 0 Å². The van der Waals surface area contributed by atoms with Crippen molar-refractivity contribution in [2.45, 2.75) is 40.5 Å². The molecule has 30 heavy (non-hydrogen) atoms. The maximum Gasteiger partial charge on any atom is 0.223 e. The van der Waals surface area contributed by atoms with Crippen LogP contribution in [-0.2, 0) is 17.4 Å². The van der Waals surface area contributed by atoms with E-state index >= 15 is 0 Å². The lowest BCUT2D eigenvalue weighted by atomic mass is 9.94. The first-order chi connectivity index (χ1) is 14.4. The second-order valence-corrected chi connectivity index (χ2v) is 9.07. The van der Waals surface area contributed by atoms with E-state index < -0.39 is 7.80 Å². The molecule has 0 radical (unpaired) electrons. The molecule has 0 aliphatic rings. The van der Waals surface area contributed by atoms with Crippen molar-refractivity contribution in [1.29, 1.82) is 0 Å². The largest absolute Gasteiger partial charge is 0.313 e. The number of hydrogen-bond donors (Lipinski definition) is 0. The molecule has 1 atom stereocenters. The molecule has 1 unspecified atom stereocenters. The molecule has 0 aliphatic carbocycles. The van der Waals surface area contributed by atoms with Crippen molar-refractivity contribution in [2.75, 3.05) is 0 Å². The summed E-state index contributed by atoms with van der Waals surface area (Å²) < 4.78 is 13.6. The maximum atomic E-state index is 13.6. The van der Waals surface area contributed by atoms with Crippen molar-refractivity contribution in [1.82, 2.24) is 0 Å². The molecule has 3 aromatic carbocycles. The number of rotatable bonds is 7. The molecule has 0 bridgehead atoms. The number of aryl methyl sites for hydroxylation is 3. The van der Waals surface area contributed by atoms with Gasteiger partial charge in [-0.25, -0.2) is 0 Å². The first-order valence-corrected chi connectivity index (χ1v) is 11.7. The fourth-order valence-corrected chi connectivity index (χ4v) is 5.98. The summed E-state index contributed by atoms with van der Waals surface area (Å²) in [6.45, 7) is 7.66. The monoisotopic (exact) mass is 418 g/mol. The van der Waals surface area contributed by atoms with Crippen molar-refractivity contribution >= 4 is 24.4 Å². The molecule has 0 aromatic heterocycles. The Kier molecular flexibility index (Phi) is 6.84. The number of benzene rings is 3. The Bertz CT molecular complexity index is 1110. The normalized spacial score (nSPS) is 11.9. The minimum Gasteiger partial charge on any atom is -0.313 e. The second-order valence-electron chi connectivity index (χ2n) is 7.45. The molecular formula is C26H27O3P. The van der Waals surface area contributed by atoms with E-state index in [0.29, 0.717) is 34.8 Å². The van der Waals surface area contributed by atoms with E-state index in [1.165, 1.54) is 0 Å². The van der Waals surface area contributed by atoms with Crippen LogP contribution < -0.4 is 5.30 Å². The highest BCUT2D eigenvalue weighted by atomic mass is 31.1. The molecule has 0 aliphatic heterocycles. The van der Waals surface area contributed by atoms with Gasteiger partial charge in [0, 0.05) is 22.0 Å². The molecule has 0 spiro atoms. The van der Waals surface area contributed by atoms with Gasteiger partial charge < -0.3 is 4.57 Å². The smallest absolute Gasteiger partial charge is 0.223 e. The van der Waals surface area contributed by atoms with Gasteiger partial charge in [-0.3, -0.25) is 9.59 Å². The van der Waals surface area contributed by atoms with Gasteiger partial charge >= 0.3 is 0 Å². The topological polar surface area (TPSA) is 51.2 Å². The van der Waals surface area contributed by atoms with Crippen LogP contribution in [0.3, 0.4) is 0 Å². The Morgan fingerprint density at radius 2 is 1.43 bits per heavy atom. The summed E-state index contributed by atoms with van der Waals surface area (Å²) in [5, 5.41) is 0.569. The minimum atomic E-state index is -2.80. The lowest BCUT2D eigenvalue weighted by Crippen LogP contribution is -2.20. The third kappa shape index (κ3) is 4.08.